The smallest absolute Gasteiger partial charge is 0.449 e. The van der Waals surface area contributed by atoms with Gasteiger partial charge in [-0.3, -0.25) is 0 Å². The number of oxime groups is 1. The minimum absolute atomic E-state index is 0.314. The van der Waals surface area contributed by atoms with Crippen molar-refractivity contribution in [1.29, 1.82) is 0 Å². The molecule has 88 valence electrons. The van der Waals surface area contributed by atoms with Crippen LogP contribution in [-0.4, -0.2) is 45.7 Å². The Labute approximate surface area is 81.6 Å². The summed E-state index contributed by atoms with van der Waals surface area (Å²) in [7, 11) is 0. The topological polar surface area (TPSA) is 99.4 Å². The second kappa shape index (κ2) is 4.45. The first-order chi connectivity index (χ1) is 6.68. The van der Waals surface area contributed by atoms with Gasteiger partial charge in [0.15, 0.2) is 0 Å². The van der Waals surface area contributed by atoms with Gasteiger partial charge in [-0.15, -0.1) is 0 Å². The highest BCUT2D eigenvalue weighted by Crippen LogP contribution is 2.29. The Morgan fingerprint density at radius 1 is 1.40 bits per heavy atom. The molecule has 0 unspecified atom stereocenters. The molecule has 6 nitrogen and oxygen atoms in total. The van der Waals surface area contributed by atoms with Crippen LogP contribution in [0.2, 0.25) is 0 Å². The van der Waals surface area contributed by atoms with Gasteiger partial charge in [-0.2, -0.15) is 13.2 Å². The second-order valence-electron chi connectivity index (χ2n) is 2.34. The molecule has 0 saturated heterocycles. The van der Waals surface area contributed by atoms with E-state index < -0.39 is 23.6 Å². The van der Waals surface area contributed by atoms with E-state index in [1.165, 1.54) is 6.92 Å². The molecule has 3 N–H and O–H groups in total. The van der Waals surface area contributed by atoms with Crippen LogP contribution < -0.4 is 0 Å². The zero-order chi connectivity index (χ0) is 12.3. The number of alkyl halides is 3. The fraction of sp³-hybridized carbons (Fsp3) is 0.667. The molecule has 0 spiro atoms. The first-order valence-electron chi connectivity index (χ1n) is 3.59. The van der Waals surface area contributed by atoms with Crippen molar-refractivity contribution in [1.82, 2.24) is 0 Å². The van der Waals surface area contributed by atoms with Crippen molar-refractivity contribution in [3.8, 4) is 0 Å². The highest BCUT2D eigenvalue weighted by atomic mass is 19.4. The lowest BCUT2D eigenvalue weighted by Crippen LogP contribution is -2.55. The molecule has 0 aliphatic carbocycles. The molecule has 0 heterocycles. The van der Waals surface area contributed by atoms with E-state index in [2.05, 4.69) is 4.74 Å². The van der Waals surface area contributed by atoms with Gasteiger partial charge in [-0.05, 0) is 6.92 Å². The first kappa shape index (κ1) is 13.7. The summed E-state index contributed by atoms with van der Waals surface area (Å²) in [5.74, 6) is -6.32. The van der Waals surface area contributed by atoms with E-state index in [1.54, 1.807) is 0 Å². The van der Waals surface area contributed by atoms with E-state index in [-0.39, 0.29) is 6.61 Å². The number of carbonyl (C=O) groups is 1. The van der Waals surface area contributed by atoms with Gasteiger partial charge in [-0.1, -0.05) is 5.16 Å². The standard InChI is InChI=1S/C6H8F3NO5/c1-2-15-4(11)3(10-14)5(12,13)6(7,8)9/h12-14H,2H2,1H3/b10-3-. The van der Waals surface area contributed by atoms with Gasteiger partial charge in [0.05, 0.1) is 6.61 Å². The molecule has 0 fully saturated rings. The summed E-state index contributed by atoms with van der Waals surface area (Å²) in [4.78, 5) is 10.7. The van der Waals surface area contributed by atoms with Crippen molar-refractivity contribution >= 4 is 11.7 Å². The fourth-order valence-corrected chi connectivity index (χ4v) is 0.587. The molecule has 0 aromatic heterocycles. The molecule has 9 heteroatoms. The molecule has 0 rings (SSSR count). The summed E-state index contributed by atoms with van der Waals surface area (Å²) >= 11 is 0. The van der Waals surface area contributed by atoms with Gasteiger partial charge >= 0.3 is 17.9 Å². The molecule has 0 aromatic carbocycles. The van der Waals surface area contributed by atoms with Crippen LogP contribution >= 0.6 is 0 Å². The molecule has 0 aromatic rings. The number of carbonyl (C=O) groups excluding carboxylic acids is 1. The summed E-state index contributed by atoms with van der Waals surface area (Å²) in [5, 5.41) is 27.0. The lowest BCUT2D eigenvalue weighted by molar-refractivity contribution is -0.312. The number of halogens is 3. The van der Waals surface area contributed by atoms with E-state index in [0.717, 1.165) is 0 Å². The van der Waals surface area contributed by atoms with Crippen LogP contribution in [0.5, 0.6) is 0 Å². The summed E-state index contributed by atoms with van der Waals surface area (Å²) < 4.78 is 39.9. The normalized spacial score (nSPS) is 13.9. The number of aliphatic hydroxyl groups is 2. The van der Waals surface area contributed by atoms with Crippen molar-refractivity contribution in [2.24, 2.45) is 5.16 Å². The predicted octanol–water partition coefficient (Wildman–Crippen LogP) is -0.377. The van der Waals surface area contributed by atoms with Gasteiger partial charge in [0, 0.05) is 0 Å². The van der Waals surface area contributed by atoms with E-state index >= 15 is 0 Å². The Morgan fingerprint density at radius 3 is 2.13 bits per heavy atom. The third-order valence-corrected chi connectivity index (χ3v) is 1.29. The second-order valence-corrected chi connectivity index (χ2v) is 2.34. The van der Waals surface area contributed by atoms with Crippen molar-refractivity contribution in [3.05, 3.63) is 0 Å². The van der Waals surface area contributed by atoms with Gasteiger partial charge in [0.2, 0.25) is 5.71 Å². The molecular weight excluding hydrogens is 223 g/mol. The third kappa shape index (κ3) is 2.80. The van der Waals surface area contributed by atoms with Crippen molar-refractivity contribution in [2.75, 3.05) is 6.61 Å². The molecule has 0 bridgehead atoms. The SMILES string of the molecule is CCOC(=O)/C(=N/O)C(O)(O)C(F)(F)F. The highest BCUT2D eigenvalue weighted by Gasteiger charge is 2.60. The molecule has 15 heavy (non-hydrogen) atoms. The van der Waals surface area contributed by atoms with Gasteiger partial charge in [0.25, 0.3) is 0 Å². The molecule has 0 radical (unpaired) electrons. The predicted molar refractivity (Wildman–Crippen MR) is 39.1 cm³/mol. The van der Waals surface area contributed by atoms with Crippen molar-refractivity contribution in [3.63, 3.8) is 0 Å². The van der Waals surface area contributed by atoms with Crippen molar-refractivity contribution < 1.29 is 38.1 Å². The van der Waals surface area contributed by atoms with Crippen LogP contribution in [0.25, 0.3) is 0 Å². The largest absolute Gasteiger partial charge is 0.461 e. The van der Waals surface area contributed by atoms with E-state index in [4.69, 9.17) is 15.4 Å². The van der Waals surface area contributed by atoms with Gasteiger partial charge in [0.1, 0.15) is 0 Å². The fourth-order valence-electron chi connectivity index (χ4n) is 0.587. The average molecular weight is 231 g/mol. The average Bonchev–Trinajstić information content (AvgIpc) is 2.03. The molecule has 0 atom stereocenters. The Hall–Kier alpha value is -1.35. The summed E-state index contributed by atoms with van der Waals surface area (Å²) in [6, 6.07) is 0. The van der Waals surface area contributed by atoms with Gasteiger partial charge in [-0.25, -0.2) is 4.79 Å². The van der Waals surface area contributed by atoms with Crippen LogP contribution in [0.1, 0.15) is 6.92 Å². The van der Waals surface area contributed by atoms with Gasteiger partial charge < -0.3 is 20.2 Å². The summed E-state index contributed by atoms with van der Waals surface area (Å²) in [6.07, 6.45) is -5.58. The number of nitrogens with zero attached hydrogens (tertiary/aromatic N) is 1. The van der Waals surface area contributed by atoms with Crippen LogP contribution in [-0.2, 0) is 9.53 Å². The summed E-state index contributed by atoms with van der Waals surface area (Å²) in [6.45, 7) is 0.961. The lowest BCUT2D eigenvalue weighted by atomic mass is 10.1. The zero-order valence-corrected chi connectivity index (χ0v) is 7.45. The minimum Gasteiger partial charge on any atom is -0.461 e. The monoisotopic (exact) mass is 231 g/mol. The van der Waals surface area contributed by atoms with Crippen molar-refractivity contribution in [2.45, 2.75) is 18.9 Å². The zero-order valence-electron chi connectivity index (χ0n) is 7.45. The minimum atomic E-state index is -5.58. The number of hydrogen-bond donors (Lipinski definition) is 3. The Kier molecular flexibility index (Phi) is 4.05. The molecule has 0 aliphatic heterocycles. The maximum atomic E-state index is 12.0. The van der Waals surface area contributed by atoms with Crippen LogP contribution in [0.3, 0.4) is 0 Å². The Morgan fingerprint density at radius 2 is 1.87 bits per heavy atom. The highest BCUT2D eigenvalue weighted by molar-refractivity contribution is 6.39. The maximum Gasteiger partial charge on any atom is 0.449 e. The molecule has 0 aliphatic rings. The first-order valence-corrected chi connectivity index (χ1v) is 3.59. The van der Waals surface area contributed by atoms with Crippen LogP contribution in [0.4, 0.5) is 13.2 Å². The van der Waals surface area contributed by atoms with E-state index in [9.17, 15) is 18.0 Å². The quantitative estimate of drug-likeness (QED) is 0.202. The lowest BCUT2D eigenvalue weighted by Gasteiger charge is -2.23. The summed E-state index contributed by atoms with van der Waals surface area (Å²) in [5.41, 5.74) is -1.95. The Bertz CT molecular complexity index is 272. The molecular formula is C6H8F3NO5. The number of ether oxygens (including phenoxy) is 1. The third-order valence-electron chi connectivity index (χ3n) is 1.29. The van der Waals surface area contributed by atoms with Crippen LogP contribution in [0.15, 0.2) is 5.16 Å². The number of rotatable bonds is 3. The Balaban J connectivity index is 5.08. The van der Waals surface area contributed by atoms with Crippen LogP contribution in [0, 0.1) is 0 Å². The molecule has 0 amide bonds. The van der Waals surface area contributed by atoms with E-state index in [1.807, 2.05) is 5.16 Å². The van der Waals surface area contributed by atoms with E-state index in [0.29, 0.717) is 0 Å². The number of esters is 1. The molecule has 0 saturated carbocycles. The number of hydrogen-bond acceptors (Lipinski definition) is 6. The maximum absolute atomic E-state index is 12.0.